The molecule has 1 amide bonds. The molecule has 2 fully saturated rings. The molecule has 188 valence electrons. The lowest BCUT2D eigenvalue weighted by atomic mass is 9.74. The molecule has 0 aromatic heterocycles. The van der Waals surface area contributed by atoms with Crippen LogP contribution in [0.15, 0.2) is 91.0 Å². The van der Waals surface area contributed by atoms with Gasteiger partial charge in [0.2, 0.25) is 0 Å². The molecule has 0 unspecified atom stereocenters. The fraction of sp³-hybridized carbons (Fsp3) is 0.406. The molecular formula is C32H38N2O2. The highest BCUT2D eigenvalue weighted by molar-refractivity contribution is 5.71. The van der Waals surface area contributed by atoms with Crippen molar-refractivity contribution in [3.63, 3.8) is 0 Å². The summed E-state index contributed by atoms with van der Waals surface area (Å²) in [5.74, 6) is 0. The Balaban J connectivity index is 1.67. The van der Waals surface area contributed by atoms with Crippen LogP contribution in [0.3, 0.4) is 0 Å². The standard InChI is InChI=1S/C32H38N2O2/c1-5-31-22-21-28(34(31)29(35)36-30(2,3)4)23-33(24-31)32(25-15-9-6-10-16-25,26-17-11-7-12-18-26)27-19-13-8-14-20-27/h6-20,28H,5,21-24H2,1-4H3/t28-,31+/m1/s1. The second-order valence-electron chi connectivity index (χ2n) is 11.3. The molecule has 0 aliphatic carbocycles. The molecule has 3 aromatic carbocycles. The Morgan fingerprint density at radius 1 is 0.861 bits per heavy atom. The van der Waals surface area contributed by atoms with E-state index in [9.17, 15) is 4.79 Å². The molecule has 2 saturated heterocycles. The Hall–Kier alpha value is -3.11. The van der Waals surface area contributed by atoms with Crippen molar-refractivity contribution in [2.75, 3.05) is 13.1 Å². The summed E-state index contributed by atoms with van der Waals surface area (Å²) in [5.41, 5.74) is 2.52. The van der Waals surface area contributed by atoms with Crippen molar-refractivity contribution in [1.82, 2.24) is 9.80 Å². The lowest BCUT2D eigenvalue weighted by molar-refractivity contribution is -0.0502. The van der Waals surface area contributed by atoms with E-state index in [-0.39, 0.29) is 17.7 Å². The predicted molar refractivity (Wildman–Crippen MR) is 145 cm³/mol. The second kappa shape index (κ2) is 9.40. The Morgan fingerprint density at radius 3 is 1.75 bits per heavy atom. The topological polar surface area (TPSA) is 32.8 Å². The summed E-state index contributed by atoms with van der Waals surface area (Å²) in [6.07, 6.45) is 2.72. The van der Waals surface area contributed by atoms with Crippen molar-refractivity contribution in [3.05, 3.63) is 108 Å². The van der Waals surface area contributed by atoms with E-state index in [0.29, 0.717) is 0 Å². The van der Waals surface area contributed by atoms with E-state index >= 15 is 0 Å². The molecule has 2 aliphatic heterocycles. The van der Waals surface area contributed by atoms with Gasteiger partial charge in [-0.1, -0.05) is 97.9 Å². The van der Waals surface area contributed by atoms with Crippen LogP contribution in [0.2, 0.25) is 0 Å². The fourth-order valence-corrected chi connectivity index (χ4v) is 6.53. The van der Waals surface area contributed by atoms with Crippen LogP contribution < -0.4 is 0 Å². The first-order valence-electron chi connectivity index (χ1n) is 13.2. The number of ether oxygens (including phenoxy) is 1. The maximum atomic E-state index is 13.5. The number of nitrogens with zero attached hydrogens (tertiary/aromatic N) is 2. The molecule has 2 atom stereocenters. The van der Waals surface area contributed by atoms with Gasteiger partial charge in [-0.25, -0.2) is 4.79 Å². The first kappa shape index (κ1) is 24.6. The Morgan fingerprint density at radius 2 is 1.33 bits per heavy atom. The van der Waals surface area contributed by atoms with Crippen LogP contribution in [0.1, 0.15) is 63.6 Å². The number of piperazine rings is 1. The van der Waals surface area contributed by atoms with Crippen molar-refractivity contribution in [2.45, 2.75) is 69.7 Å². The van der Waals surface area contributed by atoms with Crippen molar-refractivity contribution >= 4 is 6.09 Å². The van der Waals surface area contributed by atoms with Crippen molar-refractivity contribution in [2.24, 2.45) is 0 Å². The van der Waals surface area contributed by atoms with Crippen molar-refractivity contribution < 1.29 is 9.53 Å². The van der Waals surface area contributed by atoms with Gasteiger partial charge in [0.25, 0.3) is 0 Å². The van der Waals surface area contributed by atoms with Crippen LogP contribution in [0.4, 0.5) is 4.79 Å². The number of carbonyl (C=O) groups excluding carboxylic acids is 1. The number of amides is 1. The zero-order valence-corrected chi connectivity index (χ0v) is 22.0. The van der Waals surface area contributed by atoms with Gasteiger partial charge in [0.05, 0.1) is 11.1 Å². The Bertz CT molecular complexity index is 1080. The Kier molecular flexibility index (Phi) is 6.42. The molecule has 2 heterocycles. The summed E-state index contributed by atoms with van der Waals surface area (Å²) >= 11 is 0. The van der Waals surface area contributed by atoms with Gasteiger partial charge >= 0.3 is 6.09 Å². The highest BCUT2D eigenvalue weighted by Crippen LogP contribution is 2.50. The van der Waals surface area contributed by atoms with Crippen molar-refractivity contribution in [3.8, 4) is 0 Å². The molecule has 4 nitrogen and oxygen atoms in total. The van der Waals surface area contributed by atoms with E-state index in [2.05, 4.69) is 108 Å². The van der Waals surface area contributed by atoms with E-state index in [4.69, 9.17) is 4.74 Å². The van der Waals surface area contributed by atoms with Gasteiger partial charge in [-0.05, 0) is 56.7 Å². The zero-order valence-electron chi connectivity index (χ0n) is 22.0. The predicted octanol–water partition coefficient (Wildman–Crippen LogP) is 6.84. The van der Waals surface area contributed by atoms with Crippen LogP contribution in [0.25, 0.3) is 0 Å². The summed E-state index contributed by atoms with van der Waals surface area (Å²) in [6, 6.07) is 32.7. The SMILES string of the molecule is CC[C@]12CC[C@H](CN(C(c3ccccc3)(c3ccccc3)c3ccccc3)C1)N2C(=O)OC(C)(C)C. The first-order chi connectivity index (χ1) is 17.3. The van der Waals surface area contributed by atoms with Crippen LogP contribution in [0.5, 0.6) is 0 Å². The third-order valence-corrected chi connectivity index (χ3v) is 8.03. The molecule has 5 rings (SSSR count). The summed E-state index contributed by atoms with van der Waals surface area (Å²) in [6.45, 7) is 9.66. The van der Waals surface area contributed by atoms with Gasteiger partial charge in [0, 0.05) is 19.1 Å². The number of fused-ring (bicyclic) bond motifs is 2. The van der Waals surface area contributed by atoms with Gasteiger partial charge in [0.1, 0.15) is 5.60 Å². The highest BCUT2D eigenvalue weighted by Gasteiger charge is 2.57. The minimum atomic E-state index is -0.509. The lowest BCUT2D eigenvalue weighted by Crippen LogP contribution is -2.67. The Labute approximate surface area is 215 Å². The summed E-state index contributed by atoms with van der Waals surface area (Å²) in [4.78, 5) is 18.2. The second-order valence-corrected chi connectivity index (χ2v) is 11.3. The molecule has 4 heteroatoms. The molecule has 0 spiro atoms. The molecule has 3 aromatic rings. The zero-order chi connectivity index (χ0) is 25.4. The normalized spacial score (nSPS) is 22.4. The summed E-state index contributed by atoms with van der Waals surface area (Å²) < 4.78 is 5.93. The number of carbonyl (C=O) groups is 1. The fourth-order valence-electron chi connectivity index (χ4n) is 6.53. The van der Waals surface area contributed by atoms with Gasteiger partial charge in [-0.3, -0.25) is 9.80 Å². The summed E-state index contributed by atoms with van der Waals surface area (Å²) in [5, 5.41) is 0. The van der Waals surface area contributed by atoms with Crippen LogP contribution in [-0.2, 0) is 10.3 Å². The molecule has 36 heavy (non-hydrogen) atoms. The highest BCUT2D eigenvalue weighted by atomic mass is 16.6. The van der Waals surface area contributed by atoms with Gasteiger partial charge in [-0.2, -0.15) is 0 Å². The lowest BCUT2D eigenvalue weighted by Gasteiger charge is -2.55. The molecule has 0 N–H and O–H groups in total. The maximum absolute atomic E-state index is 13.5. The van der Waals surface area contributed by atoms with Crippen molar-refractivity contribution in [1.29, 1.82) is 0 Å². The number of hydrogen-bond acceptors (Lipinski definition) is 3. The average molecular weight is 483 g/mol. The van der Waals surface area contributed by atoms with E-state index in [1.807, 2.05) is 20.8 Å². The maximum Gasteiger partial charge on any atom is 0.411 e. The minimum Gasteiger partial charge on any atom is -0.444 e. The molecule has 2 bridgehead atoms. The summed E-state index contributed by atoms with van der Waals surface area (Å²) in [7, 11) is 0. The average Bonchev–Trinajstić information content (AvgIpc) is 3.13. The monoisotopic (exact) mass is 482 g/mol. The third-order valence-electron chi connectivity index (χ3n) is 8.03. The first-order valence-corrected chi connectivity index (χ1v) is 13.2. The van der Waals surface area contributed by atoms with E-state index < -0.39 is 11.1 Å². The van der Waals surface area contributed by atoms with Crippen LogP contribution in [0, 0.1) is 0 Å². The quantitative estimate of drug-likeness (QED) is 0.373. The molecule has 2 aliphatic rings. The largest absolute Gasteiger partial charge is 0.444 e. The molecule has 0 radical (unpaired) electrons. The van der Waals surface area contributed by atoms with Gasteiger partial charge in [-0.15, -0.1) is 0 Å². The number of likely N-dealkylation sites (tertiary alicyclic amines) is 1. The third kappa shape index (κ3) is 4.12. The van der Waals surface area contributed by atoms with Gasteiger partial charge in [0.15, 0.2) is 0 Å². The van der Waals surface area contributed by atoms with Crippen LogP contribution >= 0.6 is 0 Å². The minimum absolute atomic E-state index is 0.115. The number of hydrogen-bond donors (Lipinski definition) is 0. The van der Waals surface area contributed by atoms with Gasteiger partial charge < -0.3 is 4.74 Å². The smallest absolute Gasteiger partial charge is 0.411 e. The molecule has 0 saturated carbocycles. The number of benzene rings is 3. The van der Waals surface area contributed by atoms with E-state index in [1.165, 1.54) is 16.7 Å². The van der Waals surface area contributed by atoms with E-state index in [0.717, 1.165) is 32.4 Å². The molecular weight excluding hydrogens is 444 g/mol. The van der Waals surface area contributed by atoms with E-state index in [1.54, 1.807) is 0 Å². The number of rotatable bonds is 5. The van der Waals surface area contributed by atoms with Crippen LogP contribution in [-0.4, -0.2) is 46.2 Å².